The molecule has 0 aromatic heterocycles. The van der Waals surface area contributed by atoms with E-state index in [1.165, 1.54) is 51.4 Å². The highest BCUT2D eigenvalue weighted by Gasteiger charge is 2.15. The summed E-state index contributed by atoms with van der Waals surface area (Å²) in [7, 11) is 0. The van der Waals surface area contributed by atoms with Crippen molar-refractivity contribution < 1.29 is 4.79 Å². The Hall–Kier alpha value is -1.80. The van der Waals surface area contributed by atoms with Crippen LogP contribution in [-0.2, 0) is 4.79 Å². The van der Waals surface area contributed by atoms with Crippen LogP contribution >= 0.6 is 11.6 Å². The maximum atomic E-state index is 12.1. The summed E-state index contributed by atoms with van der Waals surface area (Å²) in [5.41, 5.74) is 3.00. The lowest BCUT2D eigenvalue weighted by atomic mass is 10.1. The summed E-state index contributed by atoms with van der Waals surface area (Å²) >= 11 is 5.69. The number of halogens is 1. The molecule has 0 atom stereocenters. The topological polar surface area (TPSA) is 77.3 Å². The van der Waals surface area contributed by atoms with E-state index in [9.17, 15) is 4.79 Å². The minimum atomic E-state index is -0.376. The second-order valence-electron chi connectivity index (χ2n) is 6.22. The molecule has 0 spiro atoms. The van der Waals surface area contributed by atoms with Gasteiger partial charge in [-0.2, -0.15) is 10.4 Å². The van der Waals surface area contributed by atoms with Gasteiger partial charge in [0.2, 0.25) is 0 Å². The number of carbonyl (C=O) groups excluding carboxylic acids is 1. The van der Waals surface area contributed by atoms with Crippen molar-refractivity contribution in [2.75, 3.05) is 6.54 Å². The number of unbranched alkanes of at least 4 members (excludes halogenated alkanes) is 9. The van der Waals surface area contributed by atoms with E-state index in [-0.39, 0.29) is 16.7 Å². The molecule has 0 fully saturated rings. The Bertz CT molecular complexity index is 546. The quantitative estimate of drug-likeness (QED) is 0.304. The first kappa shape index (κ1) is 21.2. The highest BCUT2D eigenvalue weighted by Crippen LogP contribution is 2.11. The predicted octanol–water partition coefficient (Wildman–Crippen LogP) is 4.51. The maximum absolute atomic E-state index is 12.1. The van der Waals surface area contributed by atoms with Crippen LogP contribution in [0.15, 0.2) is 28.5 Å². The smallest absolute Gasteiger partial charge is 0.264 e. The molecule has 0 unspecified atom stereocenters. The van der Waals surface area contributed by atoms with Crippen molar-refractivity contribution in [3.8, 4) is 6.07 Å². The molecule has 0 bridgehead atoms. The average Bonchev–Trinajstić information content (AvgIpc) is 2.62. The van der Waals surface area contributed by atoms with Crippen molar-refractivity contribution in [1.82, 2.24) is 10.7 Å². The highest BCUT2D eigenvalue weighted by molar-refractivity contribution is 6.68. The molecule has 1 heterocycles. The number of allylic oxidation sites excluding steroid dienone is 2. The summed E-state index contributed by atoms with van der Waals surface area (Å²) in [5.74, 6) is -0.376. The highest BCUT2D eigenvalue weighted by atomic mass is 35.5. The first-order chi connectivity index (χ1) is 12.2. The van der Waals surface area contributed by atoms with Crippen LogP contribution in [0.1, 0.15) is 71.1 Å². The normalized spacial score (nSPS) is 15.2. The summed E-state index contributed by atoms with van der Waals surface area (Å²) in [4.78, 5) is 12.1. The molecule has 0 aromatic carbocycles. The SMILES string of the molecule is CCCCCCCCCCCCNC(=O)C(C#N)=C1C=CC(Cl)=NN1. The van der Waals surface area contributed by atoms with E-state index in [1.54, 1.807) is 12.2 Å². The van der Waals surface area contributed by atoms with Crippen molar-refractivity contribution in [2.45, 2.75) is 71.1 Å². The number of hydrogen-bond donors (Lipinski definition) is 2. The molecule has 0 saturated carbocycles. The zero-order chi connectivity index (χ0) is 18.3. The standard InChI is InChI=1S/C19H29ClN4O/c1-2-3-4-5-6-7-8-9-10-11-14-22-19(25)16(15-21)17-12-13-18(20)24-23-17/h12-13,23H,2-11,14H2,1H3,(H,22,25). The van der Waals surface area contributed by atoms with Crippen molar-refractivity contribution in [3.63, 3.8) is 0 Å². The predicted molar refractivity (Wildman–Crippen MR) is 103 cm³/mol. The van der Waals surface area contributed by atoms with Gasteiger partial charge in [0.15, 0.2) is 0 Å². The van der Waals surface area contributed by atoms with E-state index in [0.717, 1.165) is 12.8 Å². The summed E-state index contributed by atoms with van der Waals surface area (Å²) < 4.78 is 0. The van der Waals surface area contributed by atoms with Gasteiger partial charge in [0.05, 0.1) is 5.70 Å². The lowest BCUT2D eigenvalue weighted by Gasteiger charge is -2.10. The molecule has 2 N–H and O–H groups in total. The lowest BCUT2D eigenvalue weighted by molar-refractivity contribution is -0.117. The van der Waals surface area contributed by atoms with Gasteiger partial charge in [-0.1, -0.05) is 76.3 Å². The van der Waals surface area contributed by atoms with E-state index in [4.69, 9.17) is 16.9 Å². The number of rotatable bonds is 12. The van der Waals surface area contributed by atoms with E-state index < -0.39 is 0 Å². The number of carbonyl (C=O) groups is 1. The molecule has 138 valence electrons. The molecule has 1 amide bonds. The number of hydrazone groups is 1. The van der Waals surface area contributed by atoms with Gasteiger partial charge < -0.3 is 5.32 Å². The van der Waals surface area contributed by atoms with Gasteiger partial charge in [0.25, 0.3) is 5.91 Å². The second kappa shape index (κ2) is 13.5. The van der Waals surface area contributed by atoms with Crippen LogP contribution in [0.25, 0.3) is 0 Å². The first-order valence-corrected chi connectivity index (χ1v) is 9.66. The largest absolute Gasteiger partial charge is 0.351 e. The summed E-state index contributed by atoms with van der Waals surface area (Å²) in [5, 5.41) is 16.0. The van der Waals surface area contributed by atoms with Gasteiger partial charge >= 0.3 is 0 Å². The fourth-order valence-electron chi connectivity index (χ4n) is 2.62. The Kier molecular flexibility index (Phi) is 11.5. The van der Waals surface area contributed by atoms with Crippen LogP contribution in [0.4, 0.5) is 0 Å². The third-order valence-electron chi connectivity index (χ3n) is 4.09. The molecule has 6 heteroatoms. The fraction of sp³-hybridized carbons (Fsp3) is 0.632. The molecule has 1 rings (SSSR count). The van der Waals surface area contributed by atoms with Crippen LogP contribution in [0.5, 0.6) is 0 Å². The Morgan fingerprint density at radius 1 is 1.12 bits per heavy atom. The molecule has 0 aliphatic carbocycles. The molecule has 0 aromatic rings. The molecule has 5 nitrogen and oxygen atoms in total. The lowest BCUT2D eigenvalue weighted by Crippen LogP contribution is -2.28. The minimum Gasteiger partial charge on any atom is -0.351 e. The Labute approximate surface area is 156 Å². The van der Waals surface area contributed by atoms with Crippen LogP contribution in [0, 0.1) is 11.3 Å². The monoisotopic (exact) mass is 364 g/mol. The van der Waals surface area contributed by atoms with Gasteiger partial charge in [-0.05, 0) is 18.6 Å². The van der Waals surface area contributed by atoms with E-state index >= 15 is 0 Å². The second-order valence-corrected chi connectivity index (χ2v) is 6.61. The van der Waals surface area contributed by atoms with Crippen molar-refractivity contribution >= 4 is 22.7 Å². The summed E-state index contributed by atoms with van der Waals surface area (Å²) in [6, 6.07) is 1.92. The van der Waals surface area contributed by atoms with E-state index in [0.29, 0.717) is 12.2 Å². The average molecular weight is 365 g/mol. The van der Waals surface area contributed by atoms with Crippen LogP contribution in [-0.4, -0.2) is 17.6 Å². The first-order valence-electron chi connectivity index (χ1n) is 9.29. The number of nitriles is 1. The van der Waals surface area contributed by atoms with Crippen LogP contribution < -0.4 is 10.7 Å². The van der Waals surface area contributed by atoms with Crippen molar-refractivity contribution in [3.05, 3.63) is 23.4 Å². The van der Waals surface area contributed by atoms with Gasteiger partial charge in [0.1, 0.15) is 16.8 Å². The summed E-state index contributed by atoms with van der Waals surface area (Å²) in [6.45, 7) is 2.82. The molecular weight excluding hydrogens is 336 g/mol. The van der Waals surface area contributed by atoms with Gasteiger partial charge in [-0.25, -0.2) is 0 Å². The van der Waals surface area contributed by atoms with E-state index in [2.05, 4.69) is 22.8 Å². The van der Waals surface area contributed by atoms with Crippen LogP contribution in [0.3, 0.4) is 0 Å². The Morgan fingerprint density at radius 2 is 1.72 bits per heavy atom. The Morgan fingerprint density at radius 3 is 2.24 bits per heavy atom. The zero-order valence-corrected chi connectivity index (χ0v) is 15.9. The number of amides is 1. The third kappa shape index (κ3) is 9.31. The minimum absolute atomic E-state index is 0.0243. The van der Waals surface area contributed by atoms with E-state index in [1.807, 2.05) is 6.07 Å². The van der Waals surface area contributed by atoms with Gasteiger partial charge in [0, 0.05) is 6.54 Å². The maximum Gasteiger partial charge on any atom is 0.264 e. The van der Waals surface area contributed by atoms with Gasteiger partial charge in [-0.3, -0.25) is 10.2 Å². The summed E-state index contributed by atoms with van der Waals surface area (Å²) in [6.07, 6.45) is 15.6. The molecule has 25 heavy (non-hydrogen) atoms. The molecule has 0 radical (unpaired) electrons. The molecule has 1 aliphatic heterocycles. The number of hydrogen-bond acceptors (Lipinski definition) is 4. The molecular formula is C19H29ClN4O. The van der Waals surface area contributed by atoms with Crippen molar-refractivity contribution in [1.29, 1.82) is 5.26 Å². The zero-order valence-electron chi connectivity index (χ0n) is 15.1. The van der Waals surface area contributed by atoms with Crippen molar-refractivity contribution in [2.24, 2.45) is 5.10 Å². The number of nitrogens with one attached hydrogen (secondary N) is 2. The molecule has 1 aliphatic rings. The van der Waals surface area contributed by atoms with Gasteiger partial charge in [-0.15, -0.1) is 0 Å². The Balaban J connectivity index is 2.11. The molecule has 0 saturated heterocycles. The third-order valence-corrected chi connectivity index (χ3v) is 4.31. The fourth-order valence-corrected chi connectivity index (χ4v) is 2.72. The van der Waals surface area contributed by atoms with Crippen LogP contribution in [0.2, 0.25) is 0 Å². The number of nitrogens with zero attached hydrogens (tertiary/aromatic N) is 2.